The molecule has 7 heteroatoms. The predicted octanol–water partition coefficient (Wildman–Crippen LogP) is 2.43. The Morgan fingerprint density at radius 2 is 1.79 bits per heavy atom. The Kier molecular flexibility index (Phi) is 4.22. The molecule has 0 aromatic heterocycles. The summed E-state index contributed by atoms with van der Waals surface area (Å²) in [4.78, 5) is 0.202. The van der Waals surface area contributed by atoms with Crippen molar-refractivity contribution in [2.24, 2.45) is 0 Å². The molecule has 1 atom stereocenters. The van der Waals surface area contributed by atoms with Crippen molar-refractivity contribution in [1.82, 2.24) is 4.31 Å². The molecule has 1 saturated heterocycles. The normalized spacial score (nSPS) is 23.8. The van der Waals surface area contributed by atoms with Crippen molar-refractivity contribution in [3.05, 3.63) is 42.5 Å². The third-order valence-corrected chi connectivity index (χ3v) is 8.70. The van der Waals surface area contributed by atoms with Gasteiger partial charge < -0.3 is 0 Å². The van der Waals surface area contributed by atoms with Gasteiger partial charge in [0.25, 0.3) is 0 Å². The molecule has 24 heavy (non-hydrogen) atoms. The van der Waals surface area contributed by atoms with E-state index in [1.807, 2.05) is 24.3 Å². The highest BCUT2D eigenvalue weighted by atomic mass is 32.2. The Balaban J connectivity index is 2.06. The summed E-state index contributed by atoms with van der Waals surface area (Å²) >= 11 is 0. The van der Waals surface area contributed by atoms with Gasteiger partial charge in [0.15, 0.2) is 9.84 Å². The number of sulfone groups is 1. The second kappa shape index (κ2) is 5.82. The molecule has 1 heterocycles. The average Bonchev–Trinajstić information content (AvgIpc) is 2.81. The Labute approximate surface area is 143 Å². The summed E-state index contributed by atoms with van der Waals surface area (Å²) in [6.07, 6.45) is 0.329. The molecule has 0 spiro atoms. The second-order valence-corrected chi connectivity index (χ2v) is 10.6. The van der Waals surface area contributed by atoms with Gasteiger partial charge in [0.05, 0.1) is 16.4 Å². The highest BCUT2D eigenvalue weighted by molar-refractivity contribution is 7.92. The fourth-order valence-corrected chi connectivity index (χ4v) is 7.56. The maximum absolute atomic E-state index is 13.1. The summed E-state index contributed by atoms with van der Waals surface area (Å²) in [5.74, 6) is -0.0894. The van der Waals surface area contributed by atoms with Crippen LogP contribution in [0, 0.1) is 0 Å². The first-order valence-corrected chi connectivity index (χ1v) is 11.2. The molecule has 1 fully saturated rings. The summed E-state index contributed by atoms with van der Waals surface area (Å²) in [6, 6.07) is 12.6. The topological polar surface area (TPSA) is 71.5 Å². The standard InChI is InChI=1S/C17H21NO4S2/c1-3-18(17(2)10-11-23(19,20)13-17)24(21,22)16-9-8-14-6-4-5-7-15(14)12-16/h4-9,12H,3,10-11,13H2,1-2H3/t17-/m0/s1. The van der Waals surface area contributed by atoms with Crippen LogP contribution < -0.4 is 0 Å². The zero-order valence-corrected chi connectivity index (χ0v) is 15.4. The van der Waals surface area contributed by atoms with Crippen LogP contribution in [-0.4, -0.2) is 44.7 Å². The van der Waals surface area contributed by atoms with Gasteiger partial charge >= 0.3 is 0 Å². The monoisotopic (exact) mass is 367 g/mol. The minimum Gasteiger partial charge on any atom is -0.229 e. The van der Waals surface area contributed by atoms with Crippen LogP contribution >= 0.6 is 0 Å². The van der Waals surface area contributed by atoms with Gasteiger partial charge in [-0.05, 0) is 36.2 Å². The maximum Gasteiger partial charge on any atom is 0.243 e. The maximum atomic E-state index is 13.1. The van der Waals surface area contributed by atoms with Crippen molar-refractivity contribution in [3.63, 3.8) is 0 Å². The van der Waals surface area contributed by atoms with Gasteiger partial charge in [0.1, 0.15) is 0 Å². The van der Waals surface area contributed by atoms with Crippen molar-refractivity contribution in [2.45, 2.75) is 30.7 Å². The summed E-state index contributed by atoms with van der Waals surface area (Å²) in [5, 5.41) is 1.81. The first kappa shape index (κ1) is 17.4. The number of hydrogen-bond acceptors (Lipinski definition) is 4. The van der Waals surface area contributed by atoms with Crippen LogP contribution in [0.1, 0.15) is 20.3 Å². The van der Waals surface area contributed by atoms with Crippen LogP contribution in [0.15, 0.2) is 47.4 Å². The molecule has 0 amide bonds. The average molecular weight is 367 g/mol. The van der Waals surface area contributed by atoms with E-state index in [0.717, 1.165) is 10.8 Å². The lowest BCUT2D eigenvalue weighted by molar-refractivity contribution is 0.243. The molecule has 130 valence electrons. The summed E-state index contributed by atoms with van der Waals surface area (Å²) in [5.41, 5.74) is -0.891. The largest absolute Gasteiger partial charge is 0.243 e. The molecule has 0 bridgehead atoms. The third-order valence-electron chi connectivity index (χ3n) is 4.68. The van der Waals surface area contributed by atoms with Crippen molar-refractivity contribution >= 4 is 30.6 Å². The van der Waals surface area contributed by atoms with E-state index >= 15 is 0 Å². The van der Waals surface area contributed by atoms with E-state index in [4.69, 9.17) is 0 Å². The molecule has 0 saturated carbocycles. The SMILES string of the molecule is CCN([C@@]1(C)CCS(=O)(=O)C1)S(=O)(=O)c1ccc2ccccc2c1. The minimum atomic E-state index is -3.77. The third kappa shape index (κ3) is 2.96. The van der Waals surface area contributed by atoms with Crippen molar-refractivity contribution in [3.8, 4) is 0 Å². The zero-order valence-electron chi connectivity index (χ0n) is 13.8. The van der Waals surface area contributed by atoms with Gasteiger partial charge in [-0.3, -0.25) is 0 Å². The number of sulfonamides is 1. The van der Waals surface area contributed by atoms with Crippen molar-refractivity contribution in [2.75, 3.05) is 18.1 Å². The molecule has 1 aliphatic rings. The summed E-state index contributed by atoms with van der Waals surface area (Å²) in [7, 11) is -6.96. The quantitative estimate of drug-likeness (QED) is 0.832. The van der Waals surface area contributed by atoms with Gasteiger partial charge in [-0.15, -0.1) is 0 Å². The van der Waals surface area contributed by atoms with Gasteiger partial charge in [0, 0.05) is 12.1 Å². The van der Waals surface area contributed by atoms with E-state index in [-0.39, 0.29) is 22.9 Å². The van der Waals surface area contributed by atoms with E-state index in [2.05, 4.69) is 0 Å². The molecule has 5 nitrogen and oxygen atoms in total. The van der Waals surface area contributed by atoms with Crippen LogP contribution in [0.25, 0.3) is 10.8 Å². The first-order valence-electron chi connectivity index (χ1n) is 7.90. The lowest BCUT2D eigenvalue weighted by Gasteiger charge is -2.35. The van der Waals surface area contributed by atoms with E-state index in [1.165, 1.54) is 4.31 Å². The number of fused-ring (bicyclic) bond motifs is 1. The van der Waals surface area contributed by atoms with E-state index in [9.17, 15) is 16.8 Å². The fraction of sp³-hybridized carbons (Fsp3) is 0.412. The molecular formula is C17H21NO4S2. The first-order chi connectivity index (χ1) is 11.2. The molecule has 2 aromatic rings. The van der Waals surface area contributed by atoms with E-state index in [0.29, 0.717) is 6.42 Å². The predicted molar refractivity (Wildman–Crippen MR) is 95.2 cm³/mol. The molecule has 2 aromatic carbocycles. The molecule has 0 N–H and O–H groups in total. The van der Waals surface area contributed by atoms with Gasteiger partial charge in [-0.25, -0.2) is 16.8 Å². The number of rotatable bonds is 4. The van der Waals surface area contributed by atoms with Gasteiger partial charge in [0.2, 0.25) is 10.0 Å². The smallest absolute Gasteiger partial charge is 0.229 e. The minimum absolute atomic E-state index is 0.0350. The van der Waals surface area contributed by atoms with Crippen molar-refractivity contribution in [1.29, 1.82) is 0 Å². The van der Waals surface area contributed by atoms with Crippen LogP contribution in [0.4, 0.5) is 0 Å². The molecule has 0 unspecified atom stereocenters. The summed E-state index contributed by atoms with van der Waals surface area (Å²) < 4.78 is 51.4. The van der Waals surface area contributed by atoms with Crippen LogP contribution in [0.3, 0.4) is 0 Å². The van der Waals surface area contributed by atoms with Crippen LogP contribution in [0.2, 0.25) is 0 Å². The highest BCUT2D eigenvalue weighted by Gasteiger charge is 2.47. The van der Waals surface area contributed by atoms with Gasteiger partial charge in [-0.2, -0.15) is 4.31 Å². The Morgan fingerprint density at radius 3 is 2.38 bits per heavy atom. The fourth-order valence-electron chi connectivity index (χ4n) is 3.49. The molecule has 0 aliphatic carbocycles. The number of hydrogen-bond donors (Lipinski definition) is 0. The number of benzene rings is 2. The van der Waals surface area contributed by atoms with Gasteiger partial charge in [-0.1, -0.05) is 37.3 Å². The zero-order chi connectivity index (χ0) is 17.6. The van der Waals surface area contributed by atoms with Crippen LogP contribution in [0.5, 0.6) is 0 Å². The molecule has 0 radical (unpaired) electrons. The Hall–Kier alpha value is -1.44. The van der Waals surface area contributed by atoms with Crippen molar-refractivity contribution < 1.29 is 16.8 Å². The summed E-state index contributed by atoms with van der Waals surface area (Å²) in [6.45, 7) is 3.70. The Bertz CT molecular complexity index is 983. The van der Waals surface area contributed by atoms with E-state index in [1.54, 1.807) is 32.0 Å². The molecular weight excluding hydrogens is 346 g/mol. The Morgan fingerprint density at radius 1 is 1.12 bits per heavy atom. The lowest BCUT2D eigenvalue weighted by Crippen LogP contribution is -2.50. The molecule has 3 rings (SSSR count). The lowest BCUT2D eigenvalue weighted by atomic mass is 10.0. The highest BCUT2D eigenvalue weighted by Crippen LogP contribution is 2.34. The van der Waals surface area contributed by atoms with E-state index < -0.39 is 25.4 Å². The molecule has 1 aliphatic heterocycles. The second-order valence-electron chi connectivity index (χ2n) is 6.52. The van der Waals surface area contributed by atoms with Crippen LogP contribution in [-0.2, 0) is 19.9 Å². The number of nitrogens with zero attached hydrogens (tertiary/aromatic N) is 1.